The van der Waals surface area contributed by atoms with Crippen LogP contribution in [0.2, 0.25) is 11.1 Å². The van der Waals surface area contributed by atoms with E-state index in [0.29, 0.717) is 0 Å². The molecular formula is C41H46O4Si2. The van der Waals surface area contributed by atoms with Gasteiger partial charge in [0.05, 0.1) is 6.42 Å². The zero-order valence-corrected chi connectivity index (χ0v) is 29.3. The molecule has 47 heavy (non-hydrogen) atoms. The van der Waals surface area contributed by atoms with E-state index in [0.717, 1.165) is 72.1 Å². The highest BCUT2D eigenvalue weighted by atomic mass is 28.4. The Kier molecular flexibility index (Phi) is 10.7. The molecule has 0 saturated heterocycles. The molecule has 2 aliphatic rings. The second-order valence-electron chi connectivity index (χ2n) is 13.2. The highest BCUT2D eigenvalue weighted by Gasteiger charge is 2.52. The Morgan fingerprint density at radius 2 is 0.830 bits per heavy atom. The van der Waals surface area contributed by atoms with E-state index < -0.39 is 28.6 Å². The Labute approximate surface area is 282 Å². The first-order valence-electron chi connectivity index (χ1n) is 17.4. The highest BCUT2D eigenvalue weighted by molar-refractivity contribution is 7.00. The van der Waals surface area contributed by atoms with E-state index in [-0.39, 0.29) is 23.1 Å². The van der Waals surface area contributed by atoms with Gasteiger partial charge in [-0.05, 0) is 57.5 Å². The molecule has 0 radical (unpaired) electrons. The summed E-state index contributed by atoms with van der Waals surface area (Å²) in [5, 5.41) is 4.35. The van der Waals surface area contributed by atoms with Gasteiger partial charge in [0.2, 0.25) is 0 Å². The second kappa shape index (κ2) is 15.3. The molecule has 2 fully saturated rings. The van der Waals surface area contributed by atoms with E-state index in [1.165, 1.54) is 12.8 Å². The van der Waals surface area contributed by atoms with E-state index in [4.69, 9.17) is 8.85 Å². The van der Waals surface area contributed by atoms with Crippen molar-refractivity contribution in [2.45, 2.75) is 81.7 Å². The van der Waals surface area contributed by atoms with Gasteiger partial charge in [0.25, 0.3) is 5.97 Å². The summed E-state index contributed by atoms with van der Waals surface area (Å²) in [4.78, 5) is 28.3. The summed E-state index contributed by atoms with van der Waals surface area (Å²) in [6.07, 6.45) is 10.8. The van der Waals surface area contributed by atoms with Crippen LogP contribution in [0.1, 0.15) is 70.6 Å². The third kappa shape index (κ3) is 6.99. The molecule has 0 bridgehead atoms. The summed E-state index contributed by atoms with van der Waals surface area (Å²) in [7, 11) is -6.08. The molecule has 0 heterocycles. The smallest absolute Gasteiger partial charge is 0.322 e. The number of hydrogen-bond acceptors (Lipinski definition) is 4. The predicted molar refractivity (Wildman–Crippen MR) is 195 cm³/mol. The molecule has 242 valence electrons. The van der Waals surface area contributed by atoms with Gasteiger partial charge in [0.15, 0.2) is 0 Å². The molecule has 4 aromatic rings. The lowest BCUT2D eigenvalue weighted by molar-refractivity contribution is -0.137. The van der Waals surface area contributed by atoms with Crippen molar-refractivity contribution in [3.05, 3.63) is 133 Å². The van der Waals surface area contributed by atoms with Crippen molar-refractivity contribution in [1.29, 1.82) is 0 Å². The van der Waals surface area contributed by atoms with E-state index >= 15 is 0 Å². The van der Waals surface area contributed by atoms with Crippen LogP contribution in [0, 0.1) is 0 Å². The monoisotopic (exact) mass is 658 g/mol. The minimum absolute atomic E-state index is 0.155. The zero-order chi connectivity index (χ0) is 32.5. The largest absolute Gasteiger partial charge is 0.510 e. The summed E-state index contributed by atoms with van der Waals surface area (Å²) in [5.74, 6) is -0.891. The van der Waals surface area contributed by atoms with Crippen molar-refractivity contribution in [2.24, 2.45) is 0 Å². The van der Waals surface area contributed by atoms with Gasteiger partial charge in [-0.1, -0.05) is 166 Å². The molecule has 2 aliphatic carbocycles. The molecule has 0 unspecified atom stereocenters. The molecule has 0 spiro atoms. The molecule has 6 heteroatoms. The third-order valence-electron chi connectivity index (χ3n) is 10.3. The van der Waals surface area contributed by atoms with E-state index in [2.05, 4.69) is 55.1 Å². The van der Waals surface area contributed by atoms with Gasteiger partial charge in [0, 0.05) is 5.57 Å². The lowest BCUT2D eigenvalue weighted by Crippen LogP contribution is -2.65. The van der Waals surface area contributed by atoms with Crippen molar-refractivity contribution in [3.63, 3.8) is 0 Å². The van der Waals surface area contributed by atoms with Gasteiger partial charge in [-0.2, -0.15) is 0 Å². The van der Waals surface area contributed by atoms with Crippen LogP contribution in [0.15, 0.2) is 133 Å². The summed E-state index contributed by atoms with van der Waals surface area (Å²) >= 11 is 0. The SMILES string of the molecule is C=C(CC(=O)O[Si](c1ccccc1)(c1ccccc1)C1CCCCC1)C(=O)O[Si](c1ccccc1)(c1ccccc1)C1CCCCC1. The molecule has 0 aliphatic heterocycles. The quantitative estimate of drug-likeness (QED) is 0.126. The topological polar surface area (TPSA) is 52.6 Å². The fourth-order valence-corrected chi connectivity index (χ4v) is 17.5. The summed E-state index contributed by atoms with van der Waals surface area (Å²) < 4.78 is 13.7. The number of benzene rings is 4. The Morgan fingerprint density at radius 1 is 0.511 bits per heavy atom. The normalized spacial score (nSPS) is 16.3. The Bertz CT molecular complexity index is 1530. The second-order valence-corrected chi connectivity index (χ2v) is 20.5. The van der Waals surface area contributed by atoms with Gasteiger partial charge < -0.3 is 8.85 Å². The van der Waals surface area contributed by atoms with Gasteiger partial charge in [-0.15, -0.1) is 0 Å². The van der Waals surface area contributed by atoms with Crippen molar-refractivity contribution < 1.29 is 18.4 Å². The maximum atomic E-state index is 14.2. The van der Waals surface area contributed by atoms with E-state index in [9.17, 15) is 9.59 Å². The van der Waals surface area contributed by atoms with Crippen LogP contribution in [-0.2, 0) is 18.4 Å². The first kappa shape index (κ1) is 32.9. The molecule has 6 rings (SSSR count). The van der Waals surface area contributed by atoms with Crippen LogP contribution in [0.3, 0.4) is 0 Å². The fraction of sp³-hybridized carbons (Fsp3) is 0.317. The molecule has 0 N–H and O–H groups in total. The summed E-state index contributed by atoms with van der Waals surface area (Å²) in [6, 6.07) is 41.2. The fourth-order valence-electron chi connectivity index (χ4n) is 8.12. The molecule has 0 atom stereocenters. The minimum Gasteiger partial charge on any atom is -0.510 e. The van der Waals surface area contributed by atoms with Crippen LogP contribution in [-0.4, -0.2) is 28.6 Å². The molecule has 2 saturated carbocycles. The molecule has 4 nitrogen and oxygen atoms in total. The molecule has 0 aromatic heterocycles. The van der Waals surface area contributed by atoms with Gasteiger partial charge >= 0.3 is 22.6 Å². The average molecular weight is 659 g/mol. The zero-order valence-electron chi connectivity index (χ0n) is 27.3. The lowest BCUT2D eigenvalue weighted by atomic mass is 10.0. The van der Waals surface area contributed by atoms with Gasteiger partial charge in [-0.3, -0.25) is 4.79 Å². The van der Waals surface area contributed by atoms with Crippen molar-refractivity contribution in [3.8, 4) is 0 Å². The highest BCUT2D eigenvalue weighted by Crippen LogP contribution is 2.39. The number of rotatable bonds is 11. The Hall–Kier alpha value is -4.01. The van der Waals surface area contributed by atoms with Crippen LogP contribution >= 0.6 is 0 Å². The van der Waals surface area contributed by atoms with Gasteiger partial charge in [-0.25, -0.2) is 4.79 Å². The van der Waals surface area contributed by atoms with Crippen molar-refractivity contribution in [2.75, 3.05) is 0 Å². The number of carbonyl (C=O) groups excluding carboxylic acids is 2. The third-order valence-corrected chi connectivity index (χ3v) is 19.6. The van der Waals surface area contributed by atoms with Crippen molar-refractivity contribution in [1.82, 2.24) is 0 Å². The minimum atomic E-state index is -3.06. The maximum Gasteiger partial charge on any atom is 0.322 e. The predicted octanol–water partition coefficient (Wildman–Crippen LogP) is 7.21. The molecular weight excluding hydrogens is 613 g/mol. The van der Waals surface area contributed by atoms with E-state index in [1.807, 2.05) is 72.8 Å². The average Bonchev–Trinajstić information content (AvgIpc) is 3.15. The van der Waals surface area contributed by atoms with Crippen LogP contribution in [0.25, 0.3) is 0 Å². The standard InChI is InChI=1S/C41H46O4Si2/c1-33(41(43)45-47(37-26-14-5-15-27-37,38-28-16-6-17-29-38)39-30-18-7-19-31-39)32-40(42)44-46(34-20-8-2-9-21-34,35-22-10-3-11-23-35)36-24-12-4-13-25-36/h2-3,5-6,8-11,14-17,20-23,26-29,36,39H,1,4,7,12-13,18-19,24-25,30-32H2. The first-order chi connectivity index (χ1) is 23.0. The molecule has 4 aromatic carbocycles. The number of hydrogen-bond donors (Lipinski definition) is 0. The molecule has 0 amide bonds. The van der Waals surface area contributed by atoms with Crippen molar-refractivity contribution >= 4 is 49.3 Å². The van der Waals surface area contributed by atoms with Crippen LogP contribution < -0.4 is 20.7 Å². The number of carbonyl (C=O) groups is 2. The van der Waals surface area contributed by atoms with Crippen LogP contribution in [0.4, 0.5) is 0 Å². The van der Waals surface area contributed by atoms with Gasteiger partial charge in [0.1, 0.15) is 0 Å². The van der Waals surface area contributed by atoms with Crippen LogP contribution in [0.5, 0.6) is 0 Å². The first-order valence-corrected chi connectivity index (χ1v) is 21.4. The lowest BCUT2D eigenvalue weighted by Gasteiger charge is -2.41. The summed E-state index contributed by atoms with van der Waals surface area (Å²) in [6.45, 7) is 4.16. The Morgan fingerprint density at radius 3 is 1.17 bits per heavy atom. The van der Waals surface area contributed by atoms with E-state index in [1.54, 1.807) is 0 Å². The Balaban J connectivity index is 1.31. The summed E-state index contributed by atoms with van der Waals surface area (Å²) in [5.41, 5.74) is 0.655. The maximum absolute atomic E-state index is 14.2.